The van der Waals surface area contributed by atoms with Gasteiger partial charge in [0.2, 0.25) is 0 Å². The van der Waals surface area contributed by atoms with Gasteiger partial charge in [-0.3, -0.25) is 0 Å². The molecule has 17 heavy (non-hydrogen) atoms. The van der Waals surface area contributed by atoms with E-state index in [0.29, 0.717) is 0 Å². The summed E-state index contributed by atoms with van der Waals surface area (Å²) >= 11 is 0. The van der Waals surface area contributed by atoms with E-state index in [4.69, 9.17) is 4.98 Å². The molecule has 0 amide bonds. The molecule has 3 nitrogen and oxygen atoms in total. The molecule has 1 aromatic heterocycles. The highest BCUT2D eigenvalue weighted by Gasteiger charge is 2.33. The molecule has 0 spiro atoms. The summed E-state index contributed by atoms with van der Waals surface area (Å²) in [5.74, 6) is 1.08. The fourth-order valence-electron chi connectivity index (χ4n) is 2.83. The maximum Gasteiger partial charge on any atom is 0.127 e. The van der Waals surface area contributed by atoms with Crippen molar-refractivity contribution in [3.05, 3.63) is 29.1 Å². The number of aromatic amines is 1. The van der Waals surface area contributed by atoms with Crippen molar-refractivity contribution in [1.29, 1.82) is 0 Å². The number of nitrogens with zero attached hydrogens (tertiary/aromatic N) is 1. The number of nitrogens with one attached hydrogen (secondary N) is 2. The van der Waals surface area contributed by atoms with Crippen LogP contribution in [0.3, 0.4) is 0 Å². The highest BCUT2D eigenvalue weighted by molar-refractivity contribution is 5.79. The van der Waals surface area contributed by atoms with Gasteiger partial charge in [0.1, 0.15) is 5.82 Å². The molecule has 90 valence electrons. The number of rotatable bonds is 1. The molecule has 1 saturated heterocycles. The molecule has 1 unspecified atom stereocenters. The topological polar surface area (TPSA) is 40.7 Å². The van der Waals surface area contributed by atoms with Crippen molar-refractivity contribution in [1.82, 2.24) is 15.3 Å². The predicted molar refractivity (Wildman–Crippen MR) is 70.2 cm³/mol. The second-order valence-electron chi connectivity index (χ2n) is 5.43. The van der Waals surface area contributed by atoms with Crippen LogP contribution < -0.4 is 5.32 Å². The highest BCUT2D eigenvalue weighted by Crippen LogP contribution is 2.30. The minimum Gasteiger partial charge on any atom is -0.340 e. The van der Waals surface area contributed by atoms with Crippen molar-refractivity contribution in [2.24, 2.45) is 0 Å². The van der Waals surface area contributed by atoms with Gasteiger partial charge >= 0.3 is 0 Å². The van der Waals surface area contributed by atoms with E-state index in [0.717, 1.165) is 29.8 Å². The molecular weight excluding hydrogens is 210 g/mol. The number of hydrogen-bond acceptors (Lipinski definition) is 2. The van der Waals surface area contributed by atoms with Crippen LogP contribution in [0.1, 0.15) is 36.7 Å². The van der Waals surface area contributed by atoms with E-state index in [1.807, 2.05) is 0 Å². The lowest BCUT2D eigenvalue weighted by molar-refractivity contribution is 0.412. The summed E-state index contributed by atoms with van der Waals surface area (Å²) < 4.78 is 0. The van der Waals surface area contributed by atoms with Crippen LogP contribution in [-0.4, -0.2) is 16.5 Å². The Bertz CT molecular complexity index is 562. The quantitative estimate of drug-likeness (QED) is 0.789. The zero-order valence-corrected chi connectivity index (χ0v) is 10.7. The van der Waals surface area contributed by atoms with Gasteiger partial charge in [-0.15, -0.1) is 0 Å². The first-order chi connectivity index (χ1) is 8.08. The van der Waals surface area contributed by atoms with Gasteiger partial charge in [0.15, 0.2) is 0 Å². The van der Waals surface area contributed by atoms with Crippen molar-refractivity contribution in [3.8, 4) is 0 Å². The lowest BCUT2D eigenvalue weighted by Crippen LogP contribution is -2.34. The predicted octanol–water partition coefficient (Wildman–Crippen LogP) is 2.78. The Hall–Kier alpha value is -1.35. The van der Waals surface area contributed by atoms with Crippen LogP contribution >= 0.6 is 0 Å². The summed E-state index contributed by atoms with van der Waals surface area (Å²) in [5.41, 5.74) is 4.84. The van der Waals surface area contributed by atoms with Gasteiger partial charge in [-0.25, -0.2) is 4.98 Å². The second kappa shape index (κ2) is 3.57. The monoisotopic (exact) mass is 229 g/mol. The van der Waals surface area contributed by atoms with E-state index < -0.39 is 0 Å². The van der Waals surface area contributed by atoms with E-state index in [1.54, 1.807) is 0 Å². The molecule has 0 bridgehead atoms. The molecule has 1 aliphatic heterocycles. The highest BCUT2D eigenvalue weighted by atomic mass is 15.1. The number of aromatic nitrogens is 2. The SMILES string of the molecule is Cc1cc(C)c2nc(C3(C)CCCN3)[nH]c2c1. The van der Waals surface area contributed by atoms with Crippen LogP contribution in [-0.2, 0) is 5.54 Å². The minimum absolute atomic E-state index is 0.0271. The number of imidazole rings is 1. The first kappa shape index (κ1) is 10.8. The average Bonchev–Trinajstić information content (AvgIpc) is 2.84. The van der Waals surface area contributed by atoms with Crippen molar-refractivity contribution < 1.29 is 0 Å². The Kier molecular flexibility index (Phi) is 2.26. The summed E-state index contributed by atoms with van der Waals surface area (Å²) in [6.45, 7) is 7.58. The minimum atomic E-state index is 0.0271. The summed E-state index contributed by atoms with van der Waals surface area (Å²) in [6.07, 6.45) is 2.39. The van der Waals surface area contributed by atoms with E-state index in [-0.39, 0.29) is 5.54 Å². The Morgan fingerprint density at radius 3 is 2.82 bits per heavy atom. The third-order valence-electron chi connectivity index (χ3n) is 3.81. The third-order valence-corrected chi connectivity index (χ3v) is 3.81. The van der Waals surface area contributed by atoms with Crippen molar-refractivity contribution >= 4 is 11.0 Å². The van der Waals surface area contributed by atoms with Gasteiger partial charge in [-0.2, -0.15) is 0 Å². The van der Waals surface area contributed by atoms with Gasteiger partial charge in [0.05, 0.1) is 16.6 Å². The first-order valence-electron chi connectivity index (χ1n) is 6.31. The van der Waals surface area contributed by atoms with E-state index in [2.05, 4.69) is 43.2 Å². The van der Waals surface area contributed by atoms with Gasteiger partial charge in [0.25, 0.3) is 0 Å². The van der Waals surface area contributed by atoms with Crippen LogP contribution in [0.4, 0.5) is 0 Å². The maximum atomic E-state index is 4.79. The van der Waals surface area contributed by atoms with Crippen LogP contribution in [0, 0.1) is 13.8 Å². The first-order valence-corrected chi connectivity index (χ1v) is 6.31. The molecule has 1 aliphatic rings. The number of fused-ring (bicyclic) bond motifs is 1. The van der Waals surface area contributed by atoms with Crippen LogP contribution in [0.25, 0.3) is 11.0 Å². The molecule has 3 heteroatoms. The summed E-state index contributed by atoms with van der Waals surface area (Å²) in [5, 5.41) is 3.55. The molecule has 0 aliphatic carbocycles. The smallest absolute Gasteiger partial charge is 0.127 e. The van der Waals surface area contributed by atoms with Crippen LogP contribution in [0.2, 0.25) is 0 Å². The second-order valence-corrected chi connectivity index (χ2v) is 5.43. The van der Waals surface area contributed by atoms with Crippen molar-refractivity contribution in [2.45, 2.75) is 39.2 Å². The lowest BCUT2D eigenvalue weighted by atomic mass is 10.00. The van der Waals surface area contributed by atoms with Gasteiger partial charge < -0.3 is 10.3 Å². The Labute approximate surface area is 102 Å². The van der Waals surface area contributed by atoms with Crippen molar-refractivity contribution in [3.63, 3.8) is 0 Å². The molecule has 3 rings (SSSR count). The zero-order chi connectivity index (χ0) is 12.0. The molecule has 0 radical (unpaired) electrons. The number of aryl methyl sites for hydroxylation is 2. The molecule has 0 saturated carbocycles. The summed E-state index contributed by atoms with van der Waals surface area (Å²) in [4.78, 5) is 8.28. The van der Waals surface area contributed by atoms with Crippen LogP contribution in [0.5, 0.6) is 0 Å². The molecule has 2 heterocycles. The molecule has 2 N–H and O–H groups in total. The normalized spacial score (nSPS) is 24.6. The van der Waals surface area contributed by atoms with E-state index in [1.165, 1.54) is 17.5 Å². The average molecular weight is 229 g/mol. The van der Waals surface area contributed by atoms with Gasteiger partial charge in [-0.05, 0) is 57.4 Å². The molecule has 1 fully saturated rings. The van der Waals surface area contributed by atoms with Gasteiger partial charge in [0, 0.05) is 0 Å². The Balaban J connectivity index is 2.16. The number of benzene rings is 1. The fourth-order valence-corrected chi connectivity index (χ4v) is 2.83. The maximum absolute atomic E-state index is 4.79. The van der Waals surface area contributed by atoms with E-state index >= 15 is 0 Å². The van der Waals surface area contributed by atoms with E-state index in [9.17, 15) is 0 Å². The zero-order valence-electron chi connectivity index (χ0n) is 10.7. The third kappa shape index (κ3) is 1.65. The molecule has 2 aromatic rings. The largest absolute Gasteiger partial charge is 0.340 e. The lowest BCUT2D eigenvalue weighted by Gasteiger charge is -2.21. The molecular formula is C14H19N3. The fraction of sp³-hybridized carbons (Fsp3) is 0.500. The summed E-state index contributed by atoms with van der Waals surface area (Å²) in [7, 11) is 0. The van der Waals surface area contributed by atoms with Crippen LogP contribution in [0.15, 0.2) is 12.1 Å². The Morgan fingerprint density at radius 2 is 2.12 bits per heavy atom. The number of hydrogen-bond donors (Lipinski definition) is 2. The van der Waals surface area contributed by atoms with Crippen molar-refractivity contribution in [2.75, 3.05) is 6.54 Å². The summed E-state index contributed by atoms with van der Waals surface area (Å²) in [6, 6.07) is 4.37. The molecule has 1 atom stereocenters. The Morgan fingerprint density at radius 1 is 1.29 bits per heavy atom. The van der Waals surface area contributed by atoms with Gasteiger partial charge in [-0.1, -0.05) is 6.07 Å². The molecule has 1 aromatic carbocycles. The number of H-pyrrole nitrogens is 1. The standard InChI is InChI=1S/C14H19N3/c1-9-7-10(2)12-11(8-9)16-13(17-12)14(3)5-4-6-15-14/h7-8,15H,4-6H2,1-3H3,(H,16,17).